The fourth-order valence-electron chi connectivity index (χ4n) is 2.09. The SMILES string of the molecule is COc1cc(C)cc(C#C[Si](C)(C)c2ccccc2)c1. The summed E-state index contributed by atoms with van der Waals surface area (Å²) >= 11 is 0. The molecule has 2 rings (SSSR count). The quantitative estimate of drug-likeness (QED) is 0.604. The summed E-state index contributed by atoms with van der Waals surface area (Å²) in [5.74, 6) is 4.20. The van der Waals surface area contributed by atoms with Crippen molar-refractivity contribution >= 4 is 13.3 Å². The van der Waals surface area contributed by atoms with Gasteiger partial charge in [0.15, 0.2) is 8.07 Å². The summed E-state index contributed by atoms with van der Waals surface area (Å²) < 4.78 is 5.30. The maximum absolute atomic E-state index is 5.30. The van der Waals surface area contributed by atoms with Crippen LogP contribution in [-0.4, -0.2) is 15.2 Å². The summed E-state index contributed by atoms with van der Waals surface area (Å²) in [6.45, 7) is 6.62. The molecule has 0 saturated carbocycles. The monoisotopic (exact) mass is 280 g/mol. The summed E-state index contributed by atoms with van der Waals surface area (Å²) in [5, 5.41) is 1.37. The van der Waals surface area contributed by atoms with E-state index in [1.54, 1.807) is 7.11 Å². The summed E-state index contributed by atoms with van der Waals surface area (Å²) in [7, 11) is -0.0200. The average Bonchev–Trinajstić information content (AvgIpc) is 2.45. The van der Waals surface area contributed by atoms with Crippen molar-refractivity contribution in [3.8, 4) is 17.2 Å². The van der Waals surface area contributed by atoms with Crippen LogP contribution in [0.2, 0.25) is 13.1 Å². The molecule has 0 atom stereocenters. The first kappa shape index (κ1) is 14.4. The number of aryl methyl sites for hydroxylation is 1. The predicted octanol–water partition coefficient (Wildman–Crippen LogP) is 3.51. The molecule has 2 aromatic rings. The van der Waals surface area contributed by atoms with Gasteiger partial charge in [-0.25, -0.2) is 0 Å². The Balaban J connectivity index is 2.33. The minimum Gasteiger partial charge on any atom is -0.497 e. The molecule has 0 aliphatic rings. The van der Waals surface area contributed by atoms with Crippen molar-refractivity contribution in [1.82, 2.24) is 0 Å². The first-order valence-electron chi connectivity index (χ1n) is 6.76. The lowest BCUT2D eigenvalue weighted by Gasteiger charge is -2.14. The van der Waals surface area contributed by atoms with Gasteiger partial charge in [0, 0.05) is 5.56 Å². The maximum atomic E-state index is 5.30. The Morgan fingerprint density at radius 3 is 2.35 bits per heavy atom. The van der Waals surface area contributed by atoms with Gasteiger partial charge in [-0.1, -0.05) is 49.3 Å². The molecule has 0 saturated heterocycles. The van der Waals surface area contributed by atoms with E-state index in [-0.39, 0.29) is 0 Å². The van der Waals surface area contributed by atoms with Crippen molar-refractivity contribution in [1.29, 1.82) is 0 Å². The van der Waals surface area contributed by atoms with Crippen LogP contribution in [0.4, 0.5) is 0 Å². The number of hydrogen-bond donors (Lipinski definition) is 0. The molecule has 2 heteroatoms. The number of benzene rings is 2. The van der Waals surface area contributed by atoms with Crippen LogP contribution in [0.15, 0.2) is 48.5 Å². The molecule has 0 aliphatic carbocycles. The Kier molecular flexibility index (Phi) is 4.31. The molecule has 102 valence electrons. The highest BCUT2D eigenvalue weighted by Crippen LogP contribution is 2.15. The normalized spacial score (nSPS) is 10.6. The van der Waals surface area contributed by atoms with E-state index in [1.807, 2.05) is 18.2 Å². The molecule has 0 spiro atoms. The van der Waals surface area contributed by atoms with Crippen molar-refractivity contribution in [3.63, 3.8) is 0 Å². The first-order chi connectivity index (χ1) is 9.51. The van der Waals surface area contributed by atoms with E-state index in [1.165, 1.54) is 10.8 Å². The maximum Gasteiger partial charge on any atom is 0.163 e. The van der Waals surface area contributed by atoms with Gasteiger partial charge in [-0.3, -0.25) is 0 Å². The minimum absolute atomic E-state index is 0.869. The van der Waals surface area contributed by atoms with Crippen molar-refractivity contribution < 1.29 is 4.74 Å². The third-order valence-corrected chi connectivity index (χ3v) is 5.83. The standard InChI is InChI=1S/C18H20OSi/c1-15-12-16(14-17(13-15)19-2)10-11-20(3,4)18-8-6-5-7-9-18/h5-9,12-14H,1-4H3. The molecule has 0 aliphatic heterocycles. The topological polar surface area (TPSA) is 9.23 Å². The highest BCUT2D eigenvalue weighted by molar-refractivity contribution is 6.96. The fraction of sp³-hybridized carbons (Fsp3) is 0.222. The van der Waals surface area contributed by atoms with Crippen LogP contribution in [0.3, 0.4) is 0 Å². The first-order valence-corrected chi connectivity index (χ1v) is 9.76. The Hall–Kier alpha value is -1.98. The van der Waals surface area contributed by atoms with Crippen LogP contribution < -0.4 is 9.92 Å². The van der Waals surface area contributed by atoms with E-state index < -0.39 is 8.07 Å². The molecule has 0 radical (unpaired) electrons. The zero-order valence-electron chi connectivity index (χ0n) is 12.5. The molecule has 0 fully saturated rings. The van der Waals surface area contributed by atoms with Gasteiger partial charge in [0.25, 0.3) is 0 Å². The smallest absolute Gasteiger partial charge is 0.163 e. The van der Waals surface area contributed by atoms with E-state index in [4.69, 9.17) is 4.74 Å². The summed E-state index contributed by atoms with van der Waals surface area (Å²) in [4.78, 5) is 0. The molecule has 20 heavy (non-hydrogen) atoms. The third kappa shape index (κ3) is 3.52. The van der Waals surface area contributed by atoms with Gasteiger partial charge >= 0.3 is 0 Å². The molecule has 0 N–H and O–H groups in total. The molecule has 1 nitrogen and oxygen atoms in total. The van der Waals surface area contributed by atoms with Gasteiger partial charge in [-0.15, -0.1) is 5.54 Å². The highest BCUT2D eigenvalue weighted by atomic mass is 28.3. The van der Waals surface area contributed by atoms with E-state index >= 15 is 0 Å². The van der Waals surface area contributed by atoms with Gasteiger partial charge in [0.05, 0.1) is 7.11 Å². The lowest BCUT2D eigenvalue weighted by atomic mass is 10.1. The van der Waals surface area contributed by atoms with Crippen molar-refractivity contribution in [2.45, 2.75) is 20.0 Å². The van der Waals surface area contributed by atoms with E-state index in [0.29, 0.717) is 0 Å². The fourth-order valence-corrected chi connectivity index (χ4v) is 3.72. The van der Waals surface area contributed by atoms with Crippen molar-refractivity contribution in [3.05, 3.63) is 59.7 Å². The highest BCUT2D eigenvalue weighted by Gasteiger charge is 2.20. The number of rotatable bonds is 2. The average molecular weight is 280 g/mol. The molecule has 0 unspecified atom stereocenters. The Bertz CT molecular complexity index is 648. The predicted molar refractivity (Wildman–Crippen MR) is 88.2 cm³/mol. The van der Waals surface area contributed by atoms with E-state index in [2.05, 4.69) is 61.8 Å². The minimum atomic E-state index is -1.71. The Morgan fingerprint density at radius 2 is 1.70 bits per heavy atom. The van der Waals surface area contributed by atoms with Crippen LogP contribution in [0, 0.1) is 18.4 Å². The number of methoxy groups -OCH3 is 1. The lowest BCUT2D eigenvalue weighted by molar-refractivity contribution is 0.414. The van der Waals surface area contributed by atoms with Crippen LogP contribution >= 0.6 is 0 Å². The summed E-state index contributed by atoms with van der Waals surface area (Å²) in [5.41, 5.74) is 5.70. The Morgan fingerprint density at radius 1 is 1.00 bits per heavy atom. The van der Waals surface area contributed by atoms with Crippen molar-refractivity contribution in [2.75, 3.05) is 7.11 Å². The second kappa shape index (κ2) is 5.98. The van der Waals surface area contributed by atoms with Gasteiger partial charge < -0.3 is 4.74 Å². The number of hydrogen-bond acceptors (Lipinski definition) is 1. The van der Waals surface area contributed by atoms with Gasteiger partial charge in [-0.05, 0) is 35.9 Å². The molecular weight excluding hydrogens is 260 g/mol. The van der Waals surface area contributed by atoms with Gasteiger partial charge in [0.1, 0.15) is 5.75 Å². The molecular formula is C18H20OSi. The van der Waals surface area contributed by atoms with Crippen LogP contribution in [0.25, 0.3) is 0 Å². The zero-order valence-corrected chi connectivity index (χ0v) is 13.5. The summed E-state index contributed by atoms with van der Waals surface area (Å²) in [6, 6.07) is 16.7. The lowest BCUT2D eigenvalue weighted by Crippen LogP contribution is -2.39. The summed E-state index contributed by atoms with van der Waals surface area (Å²) in [6.07, 6.45) is 0. The largest absolute Gasteiger partial charge is 0.497 e. The zero-order chi connectivity index (χ0) is 14.6. The van der Waals surface area contributed by atoms with E-state index in [9.17, 15) is 0 Å². The molecule has 0 aromatic heterocycles. The second-order valence-electron chi connectivity index (χ2n) is 5.48. The van der Waals surface area contributed by atoms with Crippen LogP contribution in [0.5, 0.6) is 5.75 Å². The van der Waals surface area contributed by atoms with E-state index in [0.717, 1.165) is 11.3 Å². The van der Waals surface area contributed by atoms with Crippen molar-refractivity contribution in [2.24, 2.45) is 0 Å². The molecule has 2 aromatic carbocycles. The third-order valence-electron chi connectivity index (χ3n) is 3.30. The van der Waals surface area contributed by atoms with Crippen LogP contribution in [-0.2, 0) is 0 Å². The van der Waals surface area contributed by atoms with Gasteiger partial charge in [-0.2, -0.15) is 0 Å². The number of ether oxygens (including phenoxy) is 1. The molecule has 0 heterocycles. The molecule has 0 amide bonds. The van der Waals surface area contributed by atoms with Crippen LogP contribution in [0.1, 0.15) is 11.1 Å². The molecule has 0 bridgehead atoms. The van der Waals surface area contributed by atoms with Gasteiger partial charge in [0.2, 0.25) is 0 Å². The second-order valence-corrected chi connectivity index (χ2v) is 9.56. The Labute approximate surface area is 122 Å².